The summed E-state index contributed by atoms with van der Waals surface area (Å²) in [6.07, 6.45) is 16.5. The number of hydrogen-bond acceptors (Lipinski definition) is 3. The average molecular weight is 389 g/mol. The lowest BCUT2D eigenvalue weighted by atomic mass is 9.53. The van der Waals surface area contributed by atoms with Gasteiger partial charge in [-0.25, -0.2) is 4.79 Å². The van der Waals surface area contributed by atoms with E-state index in [1.807, 2.05) is 0 Å². The van der Waals surface area contributed by atoms with Crippen molar-refractivity contribution in [1.82, 2.24) is 10.2 Å². The van der Waals surface area contributed by atoms with Crippen LogP contribution in [0.2, 0.25) is 0 Å². The number of likely N-dealkylation sites (tertiary alicyclic amines) is 1. The van der Waals surface area contributed by atoms with E-state index in [4.69, 9.17) is 4.74 Å². The molecule has 28 heavy (non-hydrogen) atoms. The van der Waals surface area contributed by atoms with Gasteiger partial charge in [-0.15, -0.1) is 0 Å². The van der Waals surface area contributed by atoms with Crippen LogP contribution in [-0.2, 0) is 4.74 Å². The number of hydrogen-bond donors (Lipinski definition) is 1. The number of nitrogens with one attached hydrogen (secondary N) is 1. The fourth-order valence-corrected chi connectivity index (χ4v) is 8.05. The van der Waals surface area contributed by atoms with E-state index < -0.39 is 0 Å². The lowest BCUT2D eigenvalue weighted by molar-refractivity contribution is -0.0487. The van der Waals surface area contributed by atoms with Crippen molar-refractivity contribution in [3.63, 3.8) is 0 Å². The van der Waals surface area contributed by atoms with Gasteiger partial charge >= 0.3 is 6.09 Å². The minimum atomic E-state index is -0.178. The summed E-state index contributed by atoms with van der Waals surface area (Å²) < 4.78 is 5.84. The molecule has 1 heterocycles. The van der Waals surface area contributed by atoms with Gasteiger partial charge in [-0.3, -0.25) is 0 Å². The molecule has 0 bridgehead atoms. The number of carbonyl (C=O) groups is 1. The van der Waals surface area contributed by atoms with Crippen LogP contribution in [0.25, 0.3) is 0 Å². The van der Waals surface area contributed by atoms with E-state index in [-0.39, 0.29) is 12.2 Å². The first-order chi connectivity index (χ1) is 13.8. The van der Waals surface area contributed by atoms with E-state index in [9.17, 15) is 4.79 Å². The van der Waals surface area contributed by atoms with Gasteiger partial charge in [0.1, 0.15) is 6.10 Å². The van der Waals surface area contributed by atoms with E-state index in [0.29, 0.717) is 0 Å². The molecule has 0 aromatic rings. The van der Waals surface area contributed by atoms with Crippen molar-refractivity contribution in [3.8, 4) is 0 Å². The molecule has 4 aliphatic carbocycles. The van der Waals surface area contributed by atoms with Crippen molar-refractivity contribution in [3.05, 3.63) is 0 Å². The van der Waals surface area contributed by atoms with Crippen molar-refractivity contribution in [1.29, 1.82) is 0 Å². The van der Waals surface area contributed by atoms with Crippen LogP contribution in [0.4, 0.5) is 4.79 Å². The molecule has 4 nitrogen and oxygen atoms in total. The SMILES string of the molecule is O=C(NCCN1CCCC1)OC1CCC2C(CCC3C4CCCC4CCC23)C1. The molecule has 0 radical (unpaired) electrons. The zero-order chi connectivity index (χ0) is 18.9. The van der Waals surface area contributed by atoms with Gasteiger partial charge < -0.3 is 15.0 Å². The molecule has 1 aliphatic heterocycles. The molecule has 0 aromatic heterocycles. The lowest BCUT2D eigenvalue weighted by Gasteiger charge is -2.52. The van der Waals surface area contributed by atoms with Gasteiger partial charge in [0.2, 0.25) is 0 Å². The number of alkyl carbamates (subject to hydrolysis) is 1. The minimum absolute atomic E-state index is 0.160. The number of ether oxygens (including phenoxy) is 1. The van der Waals surface area contributed by atoms with Crippen LogP contribution in [0.15, 0.2) is 0 Å². The average Bonchev–Trinajstić information content (AvgIpc) is 3.39. The molecule has 1 N–H and O–H groups in total. The molecular weight excluding hydrogens is 348 g/mol. The monoisotopic (exact) mass is 388 g/mol. The lowest BCUT2D eigenvalue weighted by Crippen LogP contribution is -2.46. The summed E-state index contributed by atoms with van der Waals surface area (Å²) >= 11 is 0. The van der Waals surface area contributed by atoms with Crippen LogP contribution < -0.4 is 5.32 Å². The smallest absolute Gasteiger partial charge is 0.407 e. The van der Waals surface area contributed by atoms with Gasteiger partial charge in [-0.05, 0) is 113 Å². The van der Waals surface area contributed by atoms with Crippen LogP contribution in [-0.4, -0.2) is 43.3 Å². The van der Waals surface area contributed by atoms with E-state index in [0.717, 1.165) is 61.4 Å². The number of carbonyl (C=O) groups excluding carboxylic acids is 1. The second-order valence-electron chi connectivity index (χ2n) is 10.6. The molecule has 7 unspecified atom stereocenters. The summed E-state index contributed by atoms with van der Waals surface area (Å²) in [6, 6.07) is 0. The van der Waals surface area contributed by atoms with Crippen LogP contribution in [0.5, 0.6) is 0 Å². The standard InChI is InChI=1S/C24H40N2O2/c27-24(25-12-15-26-13-1-2-14-26)28-19-8-11-21-18(16-19)7-10-22-20-5-3-4-17(20)6-9-23(21)22/h17-23H,1-16H2,(H,25,27). The molecule has 7 atom stereocenters. The molecule has 0 aromatic carbocycles. The number of amides is 1. The van der Waals surface area contributed by atoms with E-state index >= 15 is 0 Å². The van der Waals surface area contributed by atoms with Crippen molar-refractivity contribution in [2.75, 3.05) is 26.2 Å². The second kappa shape index (κ2) is 8.53. The second-order valence-corrected chi connectivity index (χ2v) is 10.6. The van der Waals surface area contributed by atoms with Crippen molar-refractivity contribution in [2.45, 2.75) is 83.2 Å². The molecule has 1 amide bonds. The fraction of sp³-hybridized carbons (Fsp3) is 0.958. The van der Waals surface area contributed by atoms with Gasteiger partial charge in [-0.2, -0.15) is 0 Å². The number of nitrogens with zero attached hydrogens (tertiary/aromatic N) is 1. The van der Waals surface area contributed by atoms with Crippen molar-refractivity contribution < 1.29 is 9.53 Å². The van der Waals surface area contributed by atoms with Crippen LogP contribution in [0, 0.1) is 35.5 Å². The Morgan fingerprint density at radius 2 is 1.50 bits per heavy atom. The van der Waals surface area contributed by atoms with Crippen LogP contribution in [0.3, 0.4) is 0 Å². The summed E-state index contributed by atoms with van der Waals surface area (Å²) in [5.74, 6) is 5.91. The Hall–Kier alpha value is -0.770. The summed E-state index contributed by atoms with van der Waals surface area (Å²) in [6.45, 7) is 4.07. The first-order valence-corrected chi connectivity index (χ1v) is 12.4. The maximum Gasteiger partial charge on any atom is 0.407 e. The molecular formula is C24H40N2O2. The zero-order valence-electron chi connectivity index (χ0n) is 17.6. The Morgan fingerprint density at radius 1 is 0.786 bits per heavy atom. The van der Waals surface area contributed by atoms with Crippen LogP contribution in [0.1, 0.15) is 77.0 Å². The molecule has 0 spiro atoms. The predicted octanol–water partition coefficient (Wildman–Crippen LogP) is 4.83. The van der Waals surface area contributed by atoms with Crippen molar-refractivity contribution in [2.24, 2.45) is 35.5 Å². The highest BCUT2D eigenvalue weighted by Gasteiger charge is 2.49. The van der Waals surface area contributed by atoms with Gasteiger partial charge in [0.25, 0.3) is 0 Å². The Kier molecular flexibility index (Phi) is 5.86. The first kappa shape index (κ1) is 19.2. The summed E-state index contributed by atoms with van der Waals surface area (Å²) in [7, 11) is 0. The summed E-state index contributed by atoms with van der Waals surface area (Å²) in [4.78, 5) is 14.7. The molecule has 5 aliphatic rings. The van der Waals surface area contributed by atoms with Gasteiger partial charge in [0.15, 0.2) is 0 Å². The fourth-order valence-electron chi connectivity index (χ4n) is 8.05. The first-order valence-electron chi connectivity index (χ1n) is 12.4. The Morgan fingerprint density at radius 3 is 2.32 bits per heavy atom. The highest BCUT2D eigenvalue weighted by Crippen LogP contribution is 2.57. The minimum Gasteiger partial charge on any atom is -0.446 e. The molecule has 5 fully saturated rings. The van der Waals surface area contributed by atoms with Gasteiger partial charge in [0.05, 0.1) is 0 Å². The highest BCUT2D eigenvalue weighted by molar-refractivity contribution is 5.67. The maximum absolute atomic E-state index is 12.2. The molecule has 4 saturated carbocycles. The Balaban J connectivity index is 1.08. The largest absolute Gasteiger partial charge is 0.446 e. The molecule has 1 saturated heterocycles. The Bertz CT molecular complexity index is 547. The predicted molar refractivity (Wildman–Crippen MR) is 111 cm³/mol. The number of rotatable bonds is 4. The van der Waals surface area contributed by atoms with Crippen LogP contribution >= 0.6 is 0 Å². The topological polar surface area (TPSA) is 41.6 Å². The van der Waals surface area contributed by atoms with E-state index in [1.54, 1.807) is 0 Å². The quantitative estimate of drug-likeness (QED) is 0.750. The van der Waals surface area contributed by atoms with E-state index in [2.05, 4.69) is 10.2 Å². The van der Waals surface area contributed by atoms with Crippen molar-refractivity contribution >= 4 is 6.09 Å². The third-order valence-corrected chi connectivity index (χ3v) is 9.27. The molecule has 4 heteroatoms. The zero-order valence-corrected chi connectivity index (χ0v) is 17.6. The number of fused-ring (bicyclic) bond motifs is 5. The molecule has 5 rings (SSSR count). The summed E-state index contributed by atoms with van der Waals surface area (Å²) in [5, 5.41) is 3.00. The maximum atomic E-state index is 12.2. The normalized spacial score (nSPS) is 43.1. The highest BCUT2D eigenvalue weighted by atomic mass is 16.6. The Labute approximate surface area is 171 Å². The third-order valence-electron chi connectivity index (χ3n) is 9.27. The summed E-state index contributed by atoms with van der Waals surface area (Å²) in [5.41, 5.74) is 0. The van der Waals surface area contributed by atoms with Gasteiger partial charge in [-0.1, -0.05) is 12.8 Å². The third kappa shape index (κ3) is 3.95. The van der Waals surface area contributed by atoms with Gasteiger partial charge in [0, 0.05) is 13.1 Å². The molecule has 158 valence electrons. The van der Waals surface area contributed by atoms with E-state index in [1.165, 1.54) is 77.3 Å².